The van der Waals surface area contributed by atoms with Crippen molar-refractivity contribution in [3.63, 3.8) is 0 Å². The number of hydrogen-bond donors (Lipinski definition) is 4. The number of pyridine rings is 1. The molecule has 0 atom stereocenters. The first-order chi connectivity index (χ1) is 14.3. The third-order valence-electron chi connectivity index (χ3n) is 4.69. The largest absolute Gasteiger partial charge is 0.506 e. The summed E-state index contributed by atoms with van der Waals surface area (Å²) in [6, 6.07) is 13.4. The van der Waals surface area contributed by atoms with Gasteiger partial charge < -0.3 is 10.4 Å². The van der Waals surface area contributed by atoms with Gasteiger partial charge >= 0.3 is 0 Å². The van der Waals surface area contributed by atoms with Crippen LogP contribution in [0, 0.1) is 5.92 Å². The predicted molar refractivity (Wildman–Crippen MR) is 121 cm³/mol. The highest BCUT2D eigenvalue weighted by Crippen LogP contribution is 2.55. The van der Waals surface area contributed by atoms with Crippen LogP contribution in [0.1, 0.15) is 25.8 Å². The van der Waals surface area contributed by atoms with Crippen LogP contribution < -0.4 is 10.9 Å². The summed E-state index contributed by atoms with van der Waals surface area (Å²) in [6.07, 6.45) is 2.32. The van der Waals surface area contributed by atoms with Crippen molar-refractivity contribution in [2.45, 2.75) is 25.2 Å². The minimum absolute atomic E-state index is 0.116. The second-order valence-corrected chi connectivity index (χ2v) is 9.03. The third kappa shape index (κ3) is 3.47. The van der Waals surface area contributed by atoms with Gasteiger partial charge in [0.05, 0.1) is 11.2 Å². The molecule has 156 valence electrons. The second-order valence-electron chi connectivity index (χ2n) is 7.37. The number of amidine groups is 1. The van der Waals surface area contributed by atoms with E-state index in [9.17, 15) is 19.0 Å². The number of rotatable bonds is 4. The molecule has 3 aromatic rings. The summed E-state index contributed by atoms with van der Waals surface area (Å²) in [6.45, 7) is 4.08. The van der Waals surface area contributed by atoms with Crippen molar-refractivity contribution < 1.29 is 14.2 Å². The van der Waals surface area contributed by atoms with Crippen LogP contribution in [0.5, 0.6) is 5.75 Å². The van der Waals surface area contributed by atoms with Crippen LogP contribution in [0.15, 0.2) is 67.7 Å². The van der Waals surface area contributed by atoms with Gasteiger partial charge in [-0.25, -0.2) is 0 Å². The molecule has 1 aliphatic heterocycles. The van der Waals surface area contributed by atoms with Gasteiger partial charge in [-0.05, 0) is 36.6 Å². The monoisotopic (exact) mass is 426 g/mol. The maximum Gasteiger partial charge on any atom is 0.286 e. The molecule has 0 fully saturated rings. The molecule has 8 nitrogen and oxygen atoms in total. The van der Waals surface area contributed by atoms with Crippen LogP contribution >= 0.6 is 10.8 Å². The van der Waals surface area contributed by atoms with Gasteiger partial charge in [0.2, 0.25) is 0 Å². The van der Waals surface area contributed by atoms with E-state index < -0.39 is 16.3 Å². The maximum absolute atomic E-state index is 13.3. The number of aromatic hydroxyl groups is 1. The third-order valence-corrected chi connectivity index (χ3v) is 6.08. The summed E-state index contributed by atoms with van der Waals surface area (Å²) >= 11 is 0. The first-order valence-electron chi connectivity index (χ1n) is 9.43. The van der Waals surface area contributed by atoms with Gasteiger partial charge in [-0.15, -0.1) is 4.40 Å². The van der Waals surface area contributed by atoms with E-state index in [0.29, 0.717) is 28.9 Å². The number of para-hydroxylation sites is 2. The summed E-state index contributed by atoms with van der Waals surface area (Å²) < 4.78 is 26.2. The van der Waals surface area contributed by atoms with E-state index in [4.69, 9.17) is 0 Å². The SMILES string of the molecule is CC(C)CC=Nn1c(=O)c(C2=NS(O)(O)c3ccccc3N2)c(O)c2ccccc21. The number of nitrogens with zero attached hydrogens (tertiary/aromatic N) is 3. The Kier molecular flexibility index (Phi) is 5.10. The number of nitrogens with one attached hydrogen (secondary N) is 1. The van der Waals surface area contributed by atoms with Crippen molar-refractivity contribution in [3.05, 3.63) is 64.4 Å². The van der Waals surface area contributed by atoms with Crippen LogP contribution in [0.4, 0.5) is 5.69 Å². The molecule has 2 aromatic carbocycles. The van der Waals surface area contributed by atoms with E-state index >= 15 is 0 Å². The van der Waals surface area contributed by atoms with Crippen LogP contribution in [0.2, 0.25) is 0 Å². The lowest BCUT2D eigenvalue weighted by Gasteiger charge is -2.34. The highest BCUT2D eigenvalue weighted by molar-refractivity contribution is 8.23. The smallest absolute Gasteiger partial charge is 0.286 e. The lowest BCUT2D eigenvalue weighted by atomic mass is 10.1. The molecule has 4 N–H and O–H groups in total. The molecule has 9 heteroatoms. The second kappa shape index (κ2) is 7.60. The number of fused-ring (bicyclic) bond motifs is 2. The zero-order valence-electron chi connectivity index (χ0n) is 16.5. The molecule has 1 aromatic heterocycles. The van der Waals surface area contributed by atoms with Crippen molar-refractivity contribution in [2.75, 3.05) is 5.32 Å². The average Bonchev–Trinajstić information content (AvgIpc) is 2.70. The highest BCUT2D eigenvalue weighted by atomic mass is 32.3. The molecule has 0 bridgehead atoms. The van der Waals surface area contributed by atoms with E-state index in [2.05, 4.69) is 14.8 Å². The molecular weight excluding hydrogens is 404 g/mol. The fraction of sp³-hybridized carbons (Fsp3) is 0.190. The van der Waals surface area contributed by atoms with Gasteiger partial charge in [0, 0.05) is 11.6 Å². The summed E-state index contributed by atoms with van der Waals surface area (Å²) in [5, 5.41) is 18.6. The molecule has 4 rings (SSSR count). The van der Waals surface area contributed by atoms with Crippen molar-refractivity contribution in [1.82, 2.24) is 4.68 Å². The topological polar surface area (TPSA) is 119 Å². The molecule has 0 spiro atoms. The molecular formula is C21H22N4O4S. The van der Waals surface area contributed by atoms with Gasteiger partial charge in [0.15, 0.2) is 5.84 Å². The molecule has 1 aliphatic rings. The Hall–Kier alpha value is -3.14. The predicted octanol–water partition coefficient (Wildman–Crippen LogP) is 4.48. The van der Waals surface area contributed by atoms with Gasteiger partial charge in [-0.3, -0.25) is 13.9 Å². The zero-order valence-corrected chi connectivity index (χ0v) is 17.3. The van der Waals surface area contributed by atoms with Crippen LogP contribution in [-0.2, 0) is 0 Å². The minimum atomic E-state index is -3.54. The van der Waals surface area contributed by atoms with Crippen molar-refractivity contribution in [3.8, 4) is 5.75 Å². The van der Waals surface area contributed by atoms with Gasteiger partial charge in [-0.2, -0.15) is 9.78 Å². The Morgan fingerprint density at radius 3 is 2.63 bits per heavy atom. The highest BCUT2D eigenvalue weighted by Gasteiger charge is 2.30. The first-order valence-corrected chi connectivity index (χ1v) is 10.9. The van der Waals surface area contributed by atoms with E-state index in [1.165, 1.54) is 4.68 Å². The zero-order chi connectivity index (χ0) is 21.5. The Bertz CT molecular complexity index is 1250. The number of hydrogen-bond acceptors (Lipinski definition) is 7. The number of aromatic nitrogens is 1. The van der Waals surface area contributed by atoms with Gasteiger partial charge in [0.1, 0.15) is 16.2 Å². The van der Waals surface area contributed by atoms with E-state index in [0.717, 1.165) is 0 Å². The van der Waals surface area contributed by atoms with E-state index in [-0.39, 0.29) is 22.0 Å². The van der Waals surface area contributed by atoms with Crippen LogP contribution in [0.3, 0.4) is 0 Å². The van der Waals surface area contributed by atoms with Crippen LogP contribution in [-0.4, -0.2) is 30.9 Å². The Morgan fingerprint density at radius 1 is 1.17 bits per heavy atom. The first kappa shape index (κ1) is 20.1. The molecule has 0 amide bonds. The fourth-order valence-electron chi connectivity index (χ4n) is 3.22. The lowest BCUT2D eigenvalue weighted by molar-refractivity contribution is 0.478. The van der Waals surface area contributed by atoms with Crippen molar-refractivity contribution >= 4 is 39.4 Å². The molecule has 30 heavy (non-hydrogen) atoms. The Morgan fingerprint density at radius 2 is 1.87 bits per heavy atom. The maximum atomic E-state index is 13.3. The fourth-order valence-corrected chi connectivity index (χ4v) is 4.39. The Labute approximate surface area is 174 Å². The van der Waals surface area contributed by atoms with Gasteiger partial charge in [0.25, 0.3) is 5.56 Å². The lowest BCUT2D eigenvalue weighted by Crippen LogP contribution is -2.31. The number of benzene rings is 2. The van der Waals surface area contributed by atoms with Crippen molar-refractivity contribution in [2.24, 2.45) is 15.4 Å². The van der Waals surface area contributed by atoms with Crippen molar-refractivity contribution in [1.29, 1.82) is 0 Å². The Balaban J connectivity index is 1.95. The minimum Gasteiger partial charge on any atom is -0.506 e. The summed E-state index contributed by atoms with van der Waals surface area (Å²) in [5.74, 6) is -0.0531. The van der Waals surface area contributed by atoms with Gasteiger partial charge in [-0.1, -0.05) is 48.9 Å². The number of anilines is 1. The standard InChI is InChI=1S/C21H22N4O4S/c1-13(2)11-12-22-25-16-9-5-3-7-14(16)19(26)18(21(25)27)20-23-15-8-4-6-10-17(15)30(28,29)24-20/h3-10,12-13,26,28-29H,11H2,1-2H3,(H,23,24). The van der Waals surface area contributed by atoms with Crippen LogP contribution in [0.25, 0.3) is 10.9 Å². The summed E-state index contributed by atoms with van der Waals surface area (Å²) in [4.78, 5) is 13.5. The normalized spacial score (nSPS) is 16.4. The molecule has 0 saturated heterocycles. The quantitative estimate of drug-likeness (QED) is 0.459. The van der Waals surface area contributed by atoms with E-state index in [1.54, 1.807) is 54.7 Å². The molecule has 0 saturated carbocycles. The molecule has 0 aliphatic carbocycles. The van der Waals surface area contributed by atoms with E-state index in [1.807, 2.05) is 13.8 Å². The average molecular weight is 426 g/mol. The summed E-state index contributed by atoms with van der Waals surface area (Å²) in [5.41, 5.74) is 0.0494. The summed E-state index contributed by atoms with van der Waals surface area (Å²) in [7, 11) is -3.54. The molecule has 2 heterocycles. The molecule has 0 radical (unpaired) electrons. The molecule has 0 unspecified atom stereocenters.